The number of halogens is 2. The molecule has 0 aliphatic rings. The molecule has 0 spiro atoms. The SMILES string of the molecule is COc1ccc(Cl)cc1C(Br)c1ccc(C)c(C)c1. The molecule has 0 amide bonds. The lowest BCUT2D eigenvalue weighted by atomic mass is 10.00. The number of rotatable bonds is 3. The van der Waals surface area contributed by atoms with E-state index in [4.69, 9.17) is 16.3 Å². The molecule has 2 aromatic rings. The van der Waals surface area contributed by atoms with E-state index in [1.54, 1.807) is 7.11 Å². The van der Waals surface area contributed by atoms with Crippen LogP contribution in [-0.4, -0.2) is 7.11 Å². The lowest BCUT2D eigenvalue weighted by Crippen LogP contribution is -1.98. The first kappa shape index (κ1) is 14.4. The maximum atomic E-state index is 6.09. The summed E-state index contributed by atoms with van der Waals surface area (Å²) >= 11 is 9.83. The van der Waals surface area contributed by atoms with Crippen LogP contribution in [0.4, 0.5) is 0 Å². The molecule has 1 nitrogen and oxygen atoms in total. The van der Waals surface area contributed by atoms with Gasteiger partial charge in [0.15, 0.2) is 0 Å². The normalized spacial score (nSPS) is 12.3. The van der Waals surface area contributed by atoms with Gasteiger partial charge in [-0.3, -0.25) is 0 Å². The Hall–Kier alpha value is -0.990. The lowest BCUT2D eigenvalue weighted by molar-refractivity contribution is 0.410. The Labute approximate surface area is 127 Å². The van der Waals surface area contributed by atoms with Gasteiger partial charge in [-0.25, -0.2) is 0 Å². The van der Waals surface area contributed by atoms with Crippen LogP contribution in [0, 0.1) is 13.8 Å². The molecule has 2 rings (SSSR count). The predicted octanol–water partition coefficient (Wildman–Crippen LogP) is 5.45. The smallest absolute Gasteiger partial charge is 0.123 e. The second-order valence-electron chi connectivity index (χ2n) is 4.59. The Bertz CT molecular complexity index is 595. The van der Waals surface area contributed by atoms with Gasteiger partial charge in [-0.05, 0) is 48.7 Å². The maximum absolute atomic E-state index is 6.09. The van der Waals surface area contributed by atoms with E-state index in [-0.39, 0.29) is 4.83 Å². The van der Waals surface area contributed by atoms with Crippen molar-refractivity contribution in [2.45, 2.75) is 18.7 Å². The first-order valence-corrected chi connectivity index (χ1v) is 7.37. The zero-order chi connectivity index (χ0) is 14.0. The van der Waals surface area contributed by atoms with Crippen LogP contribution in [0.25, 0.3) is 0 Å². The van der Waals surface area contributed by atoms with Gasteiger partial charge in [0.25, 0.3) is 0 Å². The minimum absolute atomic E-state index is 0.0699. The van der Waals surface area contributed by atoms with Crippen molar-refractivity contribution in [1.29, 1.82) is 0 Å². The van der Waals surface area contributed by atoms with E-state index in [1.165, 1.54) is 16.7 Å². The third-order valence-corrected chi connectivity index (χ3v) is 4.55. The summed E-state index contributed by atoms with van der Waals surface area (Å²) in [6.07, 6.45) is 0. The van der Waals surface area contributed by atoms with Crippen LogP contribution >= 0.6 is 27.5 Å². The first-order chi connectivity index (χ1) is 9.02. The van der Waals surface area contributed by atoms with Gasteiger partial charge in [0, 0.05) is 10.6 Å². The quantitative estimate of drug-likeness (QED) is 0.676. The minimum atomic E-state index is 0.0699. The molecule has 100 valence electrons. The average molecular weight is 340 g/mol. The molecule has 19 heavy (non-hydrogen) atoms. The fraction of sp³-hybridized carbons (Fsp3) is 0.250. The van der Waals surface area contributed by atoms with E-state index in [2.05, 4.69) is 48.0 Å². The highest BCUT2D eigenvalue weighted by atomic mass is 79.9. The molecule has 0 N–H and O–H groups in total. The van der Waals surface area contributed by atoms with E-state index in [0.29, 0.717) is 5.02 Å². The van der Waals surface area contributed by atoms with Crippen molar-refractivity contribution < 1.29 is 4.74 Å². The van der Waals surface area contributed by atoms with Gasteiger partial charge in [0.2, 0.25) is 0 Å². The highest BCUT2D eigenvalue weighted by molar-refractivity contribution is 9.09. The standard InChI is InChI=1S/C16H16BrClO/c1-10-4-5-12(8-11(10)2)16(17)14-9-13(18)6-7-15(14)19-3/h4-9,16H,1-3H3. The summed E-state index contributed by atoms with van der Waals surface area (Å²) in [5.74, 6) is 0.838. The van der Waals surface area contributed by atoms with E-state index < -0.39 is 0 Å². The molecule has 1 unspecified atom stereocenters. The highest BCUT2D eigenvalue weighted by Crippen LogP contribution is 2.38. The Balaban J connectivity index is 2.45. The average Bonchev–Trinajstić information content (AvgIpc) is 2.41. The molecule has 0 saturated heterocycles. The third kappa shape index (κ3) is 3.13. The van der Waals surface area contributed by atoms with Crippen LogP contribution in [0.15, 0.2) is 36.4 Å². The van der Waals surface area contributed by atoms with Crippen LogP contribution in [0.5, 0.6) is 5.75 Å². The van der Waals surface area contributed by atoms with Gasteiger partial charge in [0.05, 0.1) is 11.9 Å². The van der Waals surface area contributed by atoms with Gasteiger partial charge in [-0.2, -0.15) is 0 Å². The lowest BCUT2D eigenvalue weighted by Gasteiger charge is -2.16. The molecule has 0 aliphatic heterocycles. The number of hydrogen-bond donors (Lipinski definition) is 0. The molecule has 0 saturated carbocycles. The molecule has 0 aliphatic carbocycles. The van der Waals surface area contributed by atoms with Crippen molar-refractivity contribution >= 4 is 27.5 Å². The van der Waals surface area contributed by atoms with Gasteiger partial charge in [-0.15, -0.1) is 0 Å². The second kappa shape index (κ2) is 5.98. The maximum Gasteiger partial charge on any atom is 0.123 e. The zero-order valence-corrected chi connectivity index (χ0v) is 13.5. The Morgan fingerprint density at radius 3 is 2.42 bits per heavy atom. The van der Waals surface area contributed by atoms with Crippen LogP contribution in [-0.2, 0) is 0 Å². The Morgan fingerprint density at radius 1 is 1.05 bits per heavy atom. The number of methoxy groups -OCH3 is 1. The summed E-state index contributed by atoms with van der Waals surface area (Å²) in [5, 5.41) is 0.712. The fourth-order valence-corrected chi connectivity index (χ4v) is 2.83. The number of benzene rings is 2. The van der Waals surface area contributed by atoms with Crippen LogP contribution in [0.2, 0.25) is 5.02 Å². The molecule has 1 atom stereocenters. The molecule has 0 bridgehead atoms. The number of alkyl halides is 1. The summed E-state index contributed by atoms with van der Waals surface area (Å²) < 4.78 is 5.41. The van der Waals surface area contributed by atoms with Gasteiger partial charge in [0.1, 0.15) is 5.75 Å². The second-order valence-corrected chi connectivity index (χ2v) is 5.94. The summed E-state index contributed by atoms with van der Waals surface area (Å²) in [7, 11) is 1.67. The van der Waals surface area contributed by atoms with Crippen molar-refractivity contribution in [3.63, 3.8) is 0 Å². The van der Waals surface area contributed by atoms with Crippen molar-refractivity contribution in [2.24, 2.45) is 0 Å². The third-order valence-electron chi connectivity index (χ3n) is 3.29. The monoisotopic (exact) mass is 338 g/mol. The van der Waals surface area contributed by atoms with Crippen LogP contribution < -0.4 is 4.74 Å². The zero-order valence-electron chi connectivity index (χ0n) is 11.2. The van der Waals surface area contributed by atoms with Crippen molar-refractivity contribution in [3.8, 4) is 5.75 Å². The van der Waals surface area contributed by atoms with E-state index in [9.17, 15) is 0 Å². The summed E-state index contributed by atoms with van der Waals surface area (Å²) in [5.41, 5.74) is 4.81. The largest absolute Gasteiger partial charge is 0.496 e. The molecule has 3 heteroatoms. The van der Waals surface area contributed by atoms with E-state index in [1.807, 2.05) is 18.2 Å². The fourth-order valence-electron chi connectivity index (χ4n) is 2.01. The van der Waals surface area contributed by atoms with Crippen LogP contribution in [0.3, 0.4) is 0 Å². The van der Waals surface area contributed by atoms with Crippen molar-refractivity contribution in [2.75, 3.05) is 7.11 Å². The first-order valence-electron chi connectivity index (χ1n) is 6.07. The predicted molar refractivity (Wildman–Crippen MR) is 84.7 cm³/mol. The number of aryl methyl sites for hydroxylation is 2. The van der Waals surface area contributed by atoms with Gasteiger partial charge in [-0.1, -0.05) is 45.7 Å². The van der Waals surface area contributed by atoms with Crippen molar-refractivity contribution in [3.05, 3.63) is 63.7 Å². The van der Waals surface area contributed by atoms with Gasteiger partial charge >= 0.3 is 0 Å². The Morgan fingerprint density at radius 2 is 1.79 bits per heavy atom. The number of hydrogen-bond acceptors (Lipinski definition) is 1. The summed E-state index contributed by atoms with van der Waals surface area (Å²) in [6.45, 7) is 4.23. The molecule has 2 aromatic carbocycles. The molecule has 0 aromatic heterocycles. The topological polar surface area (TPSA) is 9.23 Å². The van der Waals surface area contributed by atoms with Crippen molar-refractivity contribution in [1.82, 2.24) is 0 Å². The van der Waals surface area contributed by atoms with E-state index >= 15 is 0 Å². The molecule has 0 heterocycles. The summed E-state index contributed by atoms with van der Waals surface area (Å²) in [6, 6.07) is 12.1. The molecular formula is C16H16BrClO. The molecule has 0 radical (unpaired) electrons. The van der Waals surface area contributed by atoms with Gasteiger partial charge < -0.3 is 4.74 Å². The number of ether oxygens (including phenoxy) is 1. The van der Waals surface area contributed by atoms with Crippen LogP contribution in [0.1, 0.15) is 27.1 Å². The Kier molecular flexibility index (Phi) is 4.54. The minimum Gasteiger partial charge on any atom is -0.496 e. The molecular weight excluding hydrogens is 324 g/mol. The highest BCUT2D eigenvalue weighted by Gasteiger charge is 2.16. The molecule has 0 fully saturated rings. The van der Waals surface area contributed by atoms with E-state index in [0.717, 1.165) is 11.3 Å². The summed E-state index contributed by atoms with van der Waals surface area (Å²) in [4.78, 5) is 0.0699.